The predicted molar refractivity (Wildman–Crippen MR) is 62.3 cm³/mol. The molecule has 0 aliphatic heterocycles. The number of amides is 1. The Labute approximate surface area is 95.0 Å². The third kappa shape index (κ3) is 3.22. The van der Waals surface area contributed by atoms with Crippen LogP contribution in [0.1, 0.15) is 10.4 Å². The molecule has 0 saturated heterocycles. The number of hydrogen-bond donors (Lipinski definition) is 1. The molecule has 0 atom stereocenters. The van der Waals surface area contributed by atoms with Gasteiger partial charge in [0.1, 0.15) is 0 Å². The quantitative estimate of drug-likeness (QED) is 0.847. The first kappa shape index (κ1) is 12.0. The van der Waals surface area contributed by atoms with E-state index in [0.29, 0.717) is 17.1 Å². The lowest BCUT2D eigenvalue weighted by molar-refractivity contribution is 0.0797. The Balaban J connectivity index is 2.72. The van der Waals surface area contributed by atoms with Crippen LogP contribution < -0.4 is 5.32 Å². The zero-order valence-corrected chi connectivity index (χ0v) is 9.71. The summed E-state index contributed by atoms with van der Waals surface area (Å²) < 4.78 is 0. The van der Waals surface area contributed by atoms with Gasteiger partial charge in [-0.25, -0.2) is 0 Å². The van der Waals surface area contributed by atoms with Crippen LogP contribution in [0.4, 0.5) is 0 Å². The molecule has 0 radical (unpaired) electrons. The number of nitrogens with one attached hydrogen (secondary N) is 1. The number of halogens is 1. The Morgan fingerprint density at radius 2 is 2.13 bits per heavy atom. The van der Waals surface area contributed by atoms with Crippen molar-refractivity contribution in [2.75, 3.05) is 27.2 Å². The molecule has 0 bridgehead atoms. The van der Waals surface area contributed by atoms with Crippen molar-refractivity contribution in [3.63, 3.8) is 0 Å². The van der Waals surface area contributed by atoms with Gasteiger partial charge in [-0.1, -0.05) is 23.7 Å². The number of benzene rings is 1. The summed E-state index contributed by atoms with van der Waals surface area (Å²) >= 11 is 5.93. The van der Waals surface area contributed by atoms with Crippen LogP contribution in [0, 0.1) is 0 Å². The van der Waals surface area contributed by atoms with Crippen LogP contribution in [0.3, 0.4) is 0 Å². The van der Waals surface area contributed by atoms with Crippen LogP contribution in [-0.4, -0.2) is 38.0 Å². The molecule has 1 amide bonds. The van der Waals surface area contributed by atoms with Crippen LogP contribution in [0.25, 0.3) is 0 Å². The summed E-state index contributed by atoms with van der Waals surface area (Å²) in [5.74, 6) is -0.0455. The fraction of sp³-hybridized carbons (Fsp3) is 0.364. The van der Waals surface area contributed by atoms with E-state index in [0.717, 1.165) is 6.54 Å². The average molecular weight is 227 g/mol. The fourth-order valence-electron chi connectivity index (χ4n) is 1.22. The second-order valence-electron chi connectivity index (χ2n) is 3.31. The molecule has 3 nitrogen and oxygen atoms in total. The summed E-state index contributed by atoms with van der Waals surface area (Å²) in [7, 11) is 3.62. The highest BCUT2D eigenvalue weighted by atomic mass is 35.5. The summed E-state index contributed by atoms with van der Waals surface area (Å²) in [5, 5.41) is 3.49. The Morgan fingerprint density at radius 3 is 2.73 bits per heavy atom. The van der Waals surface area contributed by atoms with Gasteiger partial charge < -0.3 is 10.2 Å². The zero-order chi connectivity index (χ0) is 11.3. The van der Waals surface area contributed by atoms with Crippen molar-refractivity contribution in [3.05, 3.63) is 34.9 Å². The number of rotatable bonds is 4. The molecule has 82 valence electrons. The van der Waals surface area contributed by atoms with E-state index in [2.05, 4.69) is 5.32 Å². The molecule has 1 rings (SSSR count). The maximum atomic E-state index is 11.9. The van der Waals surface area contributed by atoms with Crippen LogP contribution in [0.15, 0.2) is 24.3 Å². The fourth-order valence-corrected chi connectivity index (χ4v) is 1.44. The summed E-state index contributed by atoms with van der Waals surface area (Å²) in [6.45, 7) is 1.44. The van der Waals surface area contributed by atoms with Gasteiger partial charge in [0.25, 0.3) is 5.91 Å². The average Bonchev–Trinajstić information content (AvgIpc) is 2.25. The van der Waals surface area contributed by atoms with Crippen molar-refractivity contribution >= 4 is 17.5 Å². The van der Waals surface area contributed by atoms with E-state index in [1.807, 2.05) is 19.2 Å². The molecule has 0 aliphatic rings. The summed E-state index contributed by atoms with van der Waals surface area (Å²) in [5.41, 5.74) is 0.553. The van der Waals surface area contributed by atoms with E-state index < -0.39 is 0 Å². The summed E-state index contributed by atoms with van der Waals surface area (Å²) in [6, 6.07) is 7.08. The lowest BCUT2D eigenvalue weighted by Crippen LogP contribution is -2.32. The van der Waals surface area contributed by atoms with E-state index in [1.165, 1.54) is 0 Å². The Kier molecular flexibility index (Phi) is 4.59. The second kappa shape index (κ2) is 5.73. The number of carbonyl (C=O) groups excluding carboxylic acids is 1. The third-order valence-electron chi connectivity index (χ3n) is 2.15. The zero-order valence-electron chi connectivity index (χ0n) is 8.96. The van der Waals surface area contributed by atoms with Gasteiger partial charge >= 0.3 is 0 Å². The minimum absolute atomic E-state index is 0.0455. The van der Waals surface area contributed by atoms with E-state index in [1.54, 1.807) is 24.1 Å². The number of hydrogen-bond acceptors (Lipinski definition) is 2. The Bertz CT molecular complexity index is 341. The van der Waals surface area contributed by atoms with Gasteiger partial charge in [-0.2, -0.15) is 0 Å². The van der Waals surface area contributed by atoms with Gasteiger partial charge in [-0.15, -0.1) is 0 Å². The molecular formula is C11H15ClN2O. The smallest absolute Gasteiger partial charge is 0.255 e. The third-order valence-corrected chi connectivity index (χ3v) is 2.48. The van der Waals surface area contributed by atoms with Gasteiger partial charge in [0.15, 0.2) is 0 Å². The van der Waals surface area contributed by atoms with Crippen LogP contribution in [0.2, 0.25) is 5.02 Å². The highest BCUT2D eigenvalue weighted by Crippen LogP contribution is 2.16. The van der Waals surface area contributed by atoms with E-state index in [-0.39, 0.29) is 5.91 Å². The topological polar surface area (TPSA) is 32.3 Å². The molecule has 0 heterocycles. The number of likely N-dealkylation sites (N-methyl/N-ethyl adjacent to an activating group) is 2. The van der Waals surface area contributed by atoms with Crippen molar-refractivity contribution in [1.29, 1.82) is 0 Å². The maximum Gasteiger partial charge on any atom is 0.255 e. The SMILES string of the molecule is CNCCN(C)C(=O)c1ccccc1Cl. The largest absolute Gasteiger partial charge is 0.340 e. The molecule has 1 aromatic carbocycles. The minimum atomic E-state index is -0.0455. The standard InChI is InChI=1S/C11H15ClN2O/c1-13-7-8-14(2)11(15)9-5-3-4-6-10(9)12/h3-6,13H,7-8H2,1-2H3. The van der Waals surface area contributed by atoms with E-state index in [9.17, 15) is 4.79 Å². The highest BCUT2D eigenvalue weighted by Gasteiger charge is 2.13. The first-order valence-electron chi connectivity index (χ1n) is 4.81. The molecule has 0 fully saturated rings. The molecule has 0 aliphatic carbocycles. The van der Waals surface area contributed by atoms with Gasteiger partial charge in [0, 0.05) is 20.1 Å². The van der Waals surface area contributed by atoms with Gasteiger partial charge in [-0.05, 0) is 19.2 Å². The van der Waals surface area contributed by atoms with Crippen molar-refractivity contribution in [2.24, 2.45) is 0 Å². The molecule has 1 aromatic rings. The molecule has 4 heteroatoms. The molecule has 0 aromatic heterocycles. The molecule has 0 spiro atoms. The molecular weight excluding hydrogens is 212 g/mol. The van der Waals surface area contributed by atoms with Gasteiger partial charge in [-0.3, -0.25) is 4.79 Å². The van der Waals surface area contributed by atoms with Crippen LogP contribution in [0.5, 0.6) is 0 Å². The minimum Gasteiger partial charge on any atom is -0.340 e. The van der Waals surface area contributed by atoms with Crippen molar-refractivity contribution < 1.29 is 4.79 Å². The van der Waals surface area contributed by atoms with Crippen molar-refractivity contribution in [3.8, 4) is 0 Å². The number of nitrogens with zero attached hydrogens (tertiary/aromatic N) is 1. The Hall–Kier alpha value is -1.06. The van der Waals surface area contributed by atoms with Crippen molar-refractivity contribution in [1.82, 2.24) is 10.2 Å². The first-order valence-corrected chi connectivity index (χ1v) is 5.19. The van der Waals surface area contributed by atoms with Crippen LogP contribution >= 0.6 is 11.6 Å². The van der Waals surface area contributed by atoms with E-state index >= 15 is 0 Å². The van der Waals surface area contributed by atoms with Gasteiger partial charge in [0.2, 0.25) is 0 Å². The lowest BCUT2D eigenvalue weighted by atomic mass is 10.2. The Morgan fingerprint density at radius 1 is 1.47 bits per heavy atom. The van der Waals surface area contributed by atoms with Gasteiger partial charge in [0.05, 0.1) is 10.6 Å². The lowest BCUT2D eigenvalue weighted by Gasteiger charge is -2.17. The summed E-state index contributed by atoms with van der Waals surface area (Å²) in [4.78, 5) is 13.5. The maximum absolute atomic E-state index is 11.9. The summed E-state index contributed by atoms with van der Waals surface area (Å²) in [6.07, 6.45) is 0. The van der Waals surface area contributed by atoms with E-state index in [4.69, 9.17) is 11.6 Å². The highest BCUT2D eigenvalue weighted by molar-refractivity contribution is 6.33. The molecule has 0 unspecified atom stereocenters. The monoisotopic (exact) mass is 226 g/mol. The molecule has 1 N–H and O–H groups in total. The normalized spacial score (nSPS) is 10.1. The second-order valence-corrected chi connectivity index (χ2v) is 3.72. The first-order chi connectivity index (χ1) is 7.16. The predicted octanol–water partition coefficient (Wildman–Crippen LogP) is 1.63. The molecule has 0 saturated carbocycles. The van der Waals surface area contributed by atoms with Crippen molar-refractivity contribution in [2.45, 2.75) is 0 Å². The van der Waals surface area contributed by atoms with Crippen LogP contribution in [-0.2, 0) is 0 Å². The number of carbonyl (C=O) groups is 1. The molecule has 15 heavy (non-hydrogen) atoms.